The summed E-state index contributed by atoms with van der Waals surface area (Å²) in [4.78, 5) is 0. The zero-order valence-corrected chi connectivity index (χ0v) is 9.49. The first-order chi connectivity index (χ1) is 6.65. The molecule has 2 heteroatoms. The van der Waals surface area contributed by atoms with E-state index in [9.17, 15) is 0 Å². The van der Waals surface area contributed by atoms with Gasteiger partial charge in [0.15, 0.2) is 0 Å². The van der Waals surface area contributed by atoms with E-state index in [1.54, 1.807) is 0 Å². The van der Waals surface area contributed by atoms with Crippen molar-refractivity contribution in [1.82, 2.24) is 5.32 Å². The van der Waals surface area contributed by atoms with Crippen molar-refractivity contribution in [3.05, 3.63) is 34.3 Å². The van der Waals surface area contributed by atoms with Crippen LogP contribution in [0, 0.1) is 6.92 Å². The fourth-order valence-corrected chi connectivity index (χ4v) is 2.05. The molecule has 0 amide bonds. The molecule has 0 saturated heterocycles. The van der Waals surface area contributed by atoms with E-state index in [2.05, 4.69) is 24.4 Å². The first-order valence-electron chi connectivity index (χ1n) is 5.09. The molecule has 0 radical (unpaired) electrons. The molecule has 0 unspecified atom stereocenters. The molecule has 1 aromatic rings. The highest BCUT2D eigenvalue weighted by molar-refractivity contribution is 6.31. The van der Waals surface area contributed by atoms with Crippen molar-refractivity contribution < 1.29 is 0 Å². The van der Waals surface area contributed by atoms with E-state index in [-0.39, 0.29) is 0 Å². The first kappa shape index (κ1) is 10.0. The zero-order valence-electron chi connectivity index (χ0n) is 8.73. The van der Waals surface area contributed by atoms with Crippen LogP contribution in [0.2, 0.25) is 5.02 Å². The Bertz CT molecular complexity index is 342. The van der Waals surface area contributed by atoms with E-state index in [4.69, 9.17) is 11.6 Å². The van der Waals surface area contributed by atoms with Crippen molar-refractivity contribution in [2.24, 2.45) is 0 Å². The van der Waals surface area contributed by atoms with Crippen LogP contribution in [0.15, 0.2) is 18.2 Å². The van der Waals surface area contributed by atoms with Crippen LogP contribution < -0.4 is 5.32 Å². The highest BCUT2D eigenvalue weighted by Crippen LogP contribution is 2.39. The van der Waals surface area contributed by atoms with Gasteiger partial charge in [-0.1, -0.05) is 29.3 Å². The van der Waals surface area contributed by atoms with Crippen molar-refractivity contribution in [1.29, 1.82) is 0 Å². The molecule has 1 saturated carbocycles. The van der Waals surface area contributed by atoms with Gasteiger partial charge in [0.1, 0.15) is 0 Å². The highest BCUT2D eigenvalue weighted by atomic mass is 35.5. The van der Waals surface area contributed by atoms with Crippen molar-refractivity contribution in [2.75, 3.05) is 7.05 Å². The second-order valence-corrected chi connectivity index (χ2v) is 4.71. The van der Waals surface area contributed by atoms with Gasteiger partial charge in [0.05, 0.1) is 0 Å². The van der Waals surface area contributed by atoms with Gasteiger partial charge in [0.2, 0.25) is 0 Å². The Kier molecular flexibility index (Phi) is 2.54. The van der Waals surface area contributed by atoms with Crippen molar-refractivity contribution in [2.45, 2.75) is 31.7 Å². The maximum atomic E-state index is 6.16. The minimum atomic E-state index is 0.345. The first-order valence-corrected chi connectivity index (χ1v) is 5.47. The molecule has 1 aromatic carbocycles. The van der Waals surface area contributed by atoms with E-state index >= 15 is 0 Å². The summed E-state index contributed by atoms with van der Waals surface area (Å²) < 4.78 is 0. The van der Waals surface area contributed by atoms with E-state index < -0.39 is 0 Å². The number of aryl methyl sites for hydroxylation is 1. The standard InChI is InChI=1S/C12H16ClN/c1-9-3-4-11(13)10(7-9)8-12(14-2)5-6-12/h3-4,7,14H,5-6,8H2,1-2H3. The molecule has 0 heterocycles. The van der Waals surface area contributed by atoms with Crippen LogP contribution in [0.3, 0.4) is 0 Å². The summed E-state index contributed by atoms with van der Waals surface area (Å²) in [6.07, 6.45) is 3.60. The third-order valence-corrected chi connectivity index (χ3v) is 3.48. The predicted molar refractivity (Wildman–Crippen MR) is 60.9 cm³/mol. The number of likely N-dealkylation sites (N-methyl/N-ethyl adjacent to an activating group) is 1. The van der Waals surface area contributed by atoms with Crippen LogP contribution in [0.1, 0.15) is 24.0 Å². The summed E-state index contributed by atoms with van der Waals surface area (Å²) in [7, 11) is 2.04. The lowest BCUT2D eigenvalue weighted by Gasteiger charge is -2.15. The third-order valence-electron chi connectivity index (χ3n) is 3.11. The molecule has 1 aliphatic carbocycles. The largest absolute Gasteiger partial charge is 0.314 e. The Morgan fingerprint density at radius 1 is 1.43 bits per heavy atom. The maximum absolute atomic E-state index is 6.16. The second-order valence-electron chi connectivity index (χ2n) is 4.30. The monoisotopic (exact) mass is 209 g/mol. The molecule has 1 aliphatic rings. The van der Waals surface area contributed by atoms with Crippen LogP contribution in [0.25, 0.3) is 0 Å². The van der Waals surface area contributed by atoms with Crippen LogP contribution in [-0.2, 0) is 6.42 Å². The van der Waals surface area contributed by atoms with Gasteiger partial charge in [-0.25, -0.2) is 0 Å². The average Bonchev–Trinajstić information content (AvgIpc) is 2.92. The predicted octanol–water partition coefficient (Wildman–Crippen LogP) is 2.94. The molecule has 1 N–H and O–H groups in total. The summed E-state index contributed by atoms with van der Waals surface area (Å²) in [5.74, 6) is 0. The second kappa shape index (κ2) is 3.56. The molecule has 1 fully saturated rings. The number of nitrogens with one attached hydrogen (secondary N) is 1. The molecule has 14 heavy (non-hydrogen) atoms. The van der Waals surface area contributed by atoms with E-state index in [1.165, 1.54) is 24.0 Å². The van der Waals surface area contributed by atoms with Gasteiger partial charge < -0.3 is 5.32 Å². The molecule has 1 nitrogen and oxygen atoms in total. The van der Waals surface area contributed by atoms with Gasteiger partial charge in [-0.05, 0) is 44.9 Å². The quantitative estimate of drug-likeness (QED) is 0.807. The van der Waals surface area contributed by atoms with Gasteiger partial charge >= 0.3 is 0 Å². The summed E-state index contributed by atoms with van der Waals surface area (Å²) in [5, 5.41) is 4.29. The lowest BCUT2D eigenvalue weighted by molar-refractivity contribution is 0.548. The van der Waals surface area contributed by atoms with E-state index in [0.29, 0.717) is 5.54 Å². The maximum Gasteiger partial charge on any atom is 0.0438 e. The fraction of sp³-hybridized carbons (Fsp3) is 0.500. The summed E-state index contributed by atoms with van der Waals surface area (Å²) >= 11 is 6.16. The zero-order chi connectivity index (χ0) is 10.2. The number of hydrogen-bond acceptors (Lipinski definition) is 1. The van der Waals surface area contributed by atoms with E-state index in [0.717, 1.165) is 11.4 Å². The summed E-state index contributed by atoms with van der Waals surface area (Å²) in [5.41, 5.74) is 2.91. The van der Waals surface area contributed by atoms with Gasteiger partial charge in [-0.3, -0.25) is 0 Å². The van der Waals surface area contributed by atoms with Gasteiger partial charge in [0.25, 0.3) is 0 Å². The van der Waals surface area contributed by atoms with Crippen LogP contribution >= 0.6 is 11.6 Å². The summed E-state index contributed by atoms with van der Waals surface area (Å²) in [6.45, 7) is 2.11. The molecular formula is C12H16ClN. The van der Waals surface area contributed by atoms with Crippen LogP contribution in [0.4, 0.5) is 0 Å². The van der Waals surface area contributed by atoms with Crippen molar-refractivity contribution in [3.63, 3.8) is 0 Å². The number of benzene rings is 1. The van der Waals surface area contributed by atoms with Crippen LogP contribution in [0.5, 0.6) is 0 Å². The SMILES string of the molecule is CNC1(Cc2cc(C)ccc2Cl)CC1. The highest BCUT2D eigenvalue weighted by Gasteiger charge is 2.41. The molecule has 0 atom stereocenters. The Balaban J connectivity index is 2.20. The van der Waals surface area contributed by atoms with Gasteiger partial charge in [0, 0.05) is 10.6 Å². The Hall–Kier alpha value is -0.530. The fourth-order valence-electron chi connectivity index (χ4n) is 1.87. The third kappa shape index (κ3) is 1.94. The minimum absolute atomic E-state index is 0.345. The molecule has 0 aromatic heterocycles. The lowest BCUT2D eigenvalue weighted by atomic mass is 10.0. The average molecular weight is 210 g/mol. The molecule has 0 aliphatic heterocycles. The molecule has 0 spiro atoms. The molecule has 0 bridgehead atoms. The summed E-state index contributed by atoms with van der Waals surface area (Å²) in [6, 6.07) is 6.25. The molecule has 2 rings (SSSR count). The van der Waals surface area contributed by atoms with E-state index in [1.807, 2.05) is 13.1 Å². The lowest BCUT2D eigenvalue weighted by Crippen LogP contribution is -2.29. The number of halogens is 1. The van der Waals surface area contributed by atoms with Gasteiger partial charge in [-0.15, -0.1) is 0 Å². The molecular weight excluding hydrogens is 194 g/mol. The van der Waals surface area contributed by atoms with Crippen molar-refractivity contribution >= 4 is 11.6 Å². The van der Waals surface area contributed by atoms with Gasteiger partial charge in [-0.2, -0.15) is 0 Å². The topological polar surface area (TPSA) is 12.0 Å². The Morgan fingerprint density at radius 3 is 2.71 bits per heavy atom. The minimum Gasteiger partial charge on any atom is -0.314 e. The van der Waals surface area contributed by atoms with Crippen LogP contribution in [-0.4, -0.2) is 12.6 Å². The normalized spacial score (nSPS) is 18.2. The molecule has 76 valence electrons. The van der Waals surface area contributed by atoms with Crippen molar-refractivity contribution in [3.8, 4) is 0 Å². The Morgan fingerprint density at radius 2 is 2.14 bits per heavy atom. The number of hydrogen-bond donors (Lipinski definition) is 1. The number of rotatable bonds is 3. The smallest absolute Gasteiger partial charge is 0.0438 e. The Labute approximate surface area is 90.5 Å².